The predicted octanol–water partition coefficient (Wildman–Crippen LogP) is 5.16. The molecule has 26 heavy (non-hydrogen) atoms. The maximum Gasteiger partial charge on any atom is 0.266 e. The molecule has 2 aromatic carbocycles. The molecule has 1 amide bonds. The van der Waals surface area contributed by atoms with Crippen molar-refractivity contribution >= 4 is 63.5 Å². The second-order valence-electron chi connectivity index (χ2n) is 4.91. The predicted molar refractivity (Wildman–Crippen MR) is 112 cm³/mol. The summed E-state index contributed by atoms with van der Waals surface area (Å²) < 4.78 is 6.19. The van der Waals surface area contributed by atoms with E-state index in [0.717, 1.165) is 3.57 Å². The van der Waals surface area contributed by atoms with Gasteiger partial charge in [-0.05, 0) is 58.5 Å². The summed E-state index contributed by atoms with van der Waals surface area (Å²) in [6.07, 6.45) is 6.64. The molecule has 7 heteroatoms. The molecule has 0 fully saturated rings. The molecule has 0 saturated carbocycles. The molecule has 0 unspecified atom stereocenters. The van der Waals surface area contributed by atoms with Crippen molar-refractivity contribution in [3.63, 3.8) is 0 Å². The van der Waals surface area contributed by atoms with Crippen LogP contribution in [-0.2, 0) is 4.79 Å². The van der Waals surface area contributed by atoms with Crippen molar-refractivity contribution in [2.75, 3.05) is 11.9 Å². The highest BCUT2D eigenvalue weighted by Gasteiger charge is 2.13. The van der Waals surface area contributed by atoms with E-state index in [1.807, 2.05) is 6.07 Å². The smallest absolute Gasteiger partial charge is 0.266 e. The van der Waals surface area contributed by atoms with Crippen LogP contribution in [0.15, 0.2) is 42.0 Å². The summed E-state index contributed by atoms with van der Waals surface area (Å²) in [5, 5.41) is 12.4. The maximum atomic E-state index is 12.4. The van der Waals surface area contributed by atoms with Crippen LogP contribution in [0.3, 0.4) is 0 Å². The summed E-state index contributed by atoms with van der Waals surface area (Å²) in [7, 11) is 0. The van der Waals surface area contributed by atoms with Crippen molar-refractivity contribution < 1.29 is 9.53 Å². The molecular formula is C19H11Cl2IN2O2. The van der Waals surface area contributed by atoms with Gasteiger partial charge < -0.3 is 10.1 Å². The molecule has 2 aromatic rings. The number of amides is 1. The van der Waals surface area contributed by atoms with Crippen LogP contribution in [0.5, 0.6) is 5.75 Å². The molecule has 0 bridgehead atoms. The van der Waals surface area contributed by atoms with Gasteiger partial charge in [-0.2, -0.15) is 5.26 Å². The zero-order chi connectivity index (χ0) is 19.1. The number of ether oxygens (including phenoxy) is 1. The average molecular weight is 497 g/mol. The van der Waals surface area contributed by atoms with Gasteiger partial charge in [0.2, 0.25) is 0 Å². The van der Waals surface area contributed by atoms with Gasteiger partial charge in [0.1, 0.15) is 24.0 Å². The molecule has 0 heterocycles. The normalized spacial score (nSPS) is 10.6. The van der Waals surface area contributed by atoms with Crippen molar-refractivity contribution in [3.8, 4) is 24.2 Å². The molecular weight excluding hydrogens is 486 g/mol. The number of benzene rings is 2. The third-order valence-electron chi connectivity index (χ3n) is 3.14. The number of terminal acetylenes is 1. The van der Waals surface area contributed by atoms with Gasteiger partial charge in [-0.3, -0.25) is 4.79 Å². The van der Waals surface area contributed by atoms with Crippen LogP contribution in [-0.4, -0.2) is 12.5 Å². The Balaban J connectivity index is 2.23. The van der Waals surface area contributed by atoms with E-state index in [1.54, 1.807) is 36.4 Å². The molecule has 2 rings (SSSR count). The summed E-state index contributed by atoms with van der Waals surface area (Å²) in [6.45, 7) is 0.164. The van der Waals surface area contributed by atoms with Crippen LogP contribution < -0.4 is 10.1 Å². The first-order valence-electron chi connectivity index (χ1n) is 7.19. The molecule has 0 aliphatic heterocycles. The molecule has 0 aromatic heterocycles. The topological polar surface area (TPSA) is 62.1 Å². The van der Waals surface area contributed by atoms with Gasteiger partial charge in [-0.1, -0.05) is 41.3 Å². The third-order valence-corrected chi connectivity index (χ3v) is 4.80. The summed E-state index contributed by atoms with van der Waals surface area (Å²) in [4.78, 5) is 12.4. The second-order valence-corrected chi connectivity index (χ2v) is 6.86. The minimum Gasteiger partial charge on any atom is -0.480 e. The Bertz CT molecular complexity index is 959. The van der Waals surface area contributed by atoms with E-state index in [4.69, 9.17) is 34.4 Å². The van der Waals surface area contributed by atoms with Crippen molar-refractivity contribution in [2.45, 2.75) is 0 Å². The van der Waals surface area contributed by atoms with Crippen LogP contribution in [0, 0.1) is 27.2 Å². The van der Waals surface area contributed by atoms with Crippen LogP contribution in [0.1, 0.15) is 5.56 Å². The Kier molecular flexibility index (Phi) is 7.35. The summed E-state index contributed by atoms with van der Waals surface area (Å²) in [5.41, 5.74) is 0.929. The lowest BCUT2D eigenvalue weighted by atomic mass is 10.1. The summed E-state index contributed by atoms with van der Waals surface area (Å²) >= 11 is 14.1. The van der Waals surface area contributed by atoms with Crippen molar-refractivity contribution in [2.24, 2.45) is 0 Å². The lowest BCUT2D eigenvalue weighted by Gasteiger charge is -2.08. The molecule has 0 radical (unpaired) electrons. The van der Waals surface area contributed by atoms with Crippen molar-refractivity contribution in [1.29, 1.82) is 5.26 Å². The lowest BCUT2D eigenvalue weighted by Crippen LogP contribution is -2.13. The minimum absolute atomic E-state index is 0.0749. The Labute approximate surface area is 174 Å². The average Bonchev–Trinajstić information content (AvgIpc) is 2.62. The van der Waals surface area contributed by atoms with Crippen molar-refractivity contribution in [3.05, 3.63) is 61.2 Å². The molecule has 4 nitrogen and oxygen atoms in total. The first-order valence-corrected chi connectivity index (χ1v) is 9.02. The number of halogens is 3. The quantitative estimate of drug-likeness (QED) is 0.269. The number of nitriles is 1. The molecule has 0 spiro atoms. The zero-order valence-electron chi connectivity index (χ0n) is 13.2. The lowest BCUT2D eigenvalue weighted by molar-refractivity contribution is -0.112. The Morgan fingerprint density at radius 3 is 2.77 bits per heavy atom. The zero-order valence-corrected chi connectivity index (χ0v) is 16.9. The van der Waals surface area contributed by atoms with Crippen LogP contribution in [0.25, 0.3) is 6.08 Å². The van der Waals surface area contributed by atoms with Gasteiger partial charge in [0.15, 0.2) is 0 Å². The van der Waals surface area contributed by atoms with E-state index in [1.165, 1.54) is 6.08 Å². The van der Waals surface area contributed by atoms with Gasteiger partial charge in [0.05, 0.1) is 19.3 Å². The third kappa shape index (κ3) is 5.15. The Morgan fingerprint density at radius 2 is 2.12 bits per heavy atom. The number of carbonyl (C=O) groups is 1. The molecule has 0 aliphatic rings. The standard InChI is InChI=1S/C19H11Cl2IN2O2/c1-2-8-26-17-7-6-12(10-15(17)22)9-13(11-23)19(25)24-16-5-3-4-14(20)18(16)21/h1,3-7,9-10H,8H2,(H,24,25)/b13-9-. The van der Waals surface area contributed by atoms with E-state index in [-0.39, 0.29) is 17.2 Å². The number of nitrogens with one attached hydrogen (secondary N) is 1. The van der Waals surface area contributed by atoms with Gasteiger partial charge in [0.25, 0.3) is 5.91 Å². The molecule has 0 atom stereocenters. The van der Waals surface area contributed by atoms with Crippen LogP contribution in [0.2, 0.25) is 10.0 Å². The number of nitrogens with zero attached hydrogens (tertiary/aromatic N) is 1. The molecule has 1 N–H and O–H groups in total. The van der Waals surface area contributed by atoms with E-state index < -0.39 is 5.91 Å². The van der Waals surface area contributed by atoms with Crippen LogP contribution >= 0.6 is 45.8 Å². The van der Waals surface area contributed by atoms with Gasteiger partial charge in [-0.25, -0.2) is 0 Å². The molecule has 130 valence electrons. The highest BCUT2D eigenvalue weighted by atomic mass is 127. The number of hydrogen-bond donors (Lipinski definition) is 1. The number of hydrogen-bond acceptors (Lipinski definition) is 3. The van der Waals surface area contributed by atoms with E-state index in [0.29, 0.717) is 22.0 Å². The fourth-order valence-corrected chi connectivity index (χ4v) is 2.99. The largest absolute Gasteiger partial charge is 0.480 e. The van der Waals surface area contributed by atoms with Crippen LogP contribution in [0.4, 0.5) is 5.69 Å². The second kappa shape index (κ2) is 9.49. The monoisotopic (exact) mass is 496 g/mol. The fourth-order valence-electron chi connectivity index (χ4n) is 1.95. The minimum atomic E-state index is -0.584. The first kappa shape index (κ1) is 20.1. The van der Waals surface area contributed by atoms with Gasteiger partial charge in [-0.15, -0.1) is 6.42 Å². The first-order chi connectivity index (χ1) is 12.5. The SMILES string of the molecule is C#CCOc1ccc(/C=C(/C#N)C(=O)Nc2cccc(Cl)c2Cl)cc1I. The summed E-state index contributed by atoms with van der Waals surface area (Å²) in [6, 6.07) is 12.0. The Hall–Kier alpha value is -2.19. The van der Waals surface area contributed by atoms with E-state index >= 15 is 0 Å². The van der Waals surface area contributed by atoms with Crippen molar-refractivity contribution in [1.82, 2.24) is 0 Å². The highest BCUT2D eigenvalue weighted by Crippen LogP contribution is 2.30. The molecule has 0 saturated heterocycles. The number of anilines is 1. The maximum absolute atomic E-state index is 12.4. The van der Waals surface area contributed by atoms with E-state index in [2.05, 4.69) is 33.8 Å². The van der Waals surface area contributed by atoms with Gasteiger partial charge in [0, 0.05) is 0 Å². The Morgan fingerprint density at radius 1 is 1.35 bits per heavy atom. The molecule has 0 aliphatic carbocycles. The summed E-state index contributed by atoms with van der Waals surface area (Å²) in [5.74, 6) is 2.44. The van der Waals surface area contributed by atoms with Gasteiger partial charge >= 0.3 is 0 Å². The fraction of sp³-hybridized carbons (Fsp3) is 0.0526. The number of carbonyl (C=O) groups excluding carboxylic acids is 1. The van der Waals surface area contributed by atoms with E-state index in [9.17, 15) is 10.1 Å². The number of rotatable bonds is 5. The highest BCUT2D eigenvalue weighted by molar-refractivity contribution is 14.1.